The zero-order chi connectivity index (χ0) is 19.2. The van der Waals surface area contributed by atoms with Crippen molar-refractivity contribution in [3.05, 3.63) is 35.9 Å². The van der Waals surface area contributed by atoms with Crippen molar-refractivity contribution in [1.82, 2.24) is 9.80 Å². The topological polar surface area (TPSA) is 66.9 Å². The van der Waals surface area contributed by atoms with Gasteiger partial charge in [0.25, 0.3) is 0 Å². The standard InChI is InChI=1S/C21H28N2O4/c1-2-27-21(26)17-9-6-11-23(14-17)20(25)18-13-19(24)22(15-18)12-10-16-7-4-3-5-8-16/h3-5,7-8,17-18H,2,6,9-15H2,1H3/t17-,18-/m0/s1. The van der Waals surface area contributed by atoms with Crippen molar-refractivity contribution in [2.45, 2.75) is 32.6 Å². The smallest absolute Gasteiger partial charge is 0.310 e. The van der Waals surface area contributed by atoms with E-state index in [1.165, 1.54) is 5.56 Å². The van der Waals surface area contributed by atoms with Crippen LogP contribution in [0.5, 0.6) is 0 Å². The molecule has 0 radical (unpaired) electrons. The Morgan fingerprint density at radius 2 is 1.93 bits per heavy atom. The first-order chi connectivity index (χ1) is 13.1. The normalized spacial score (nSPS) is 22.8. The summed E-state index contributed by atoms with van der Waals surface area (Å²) in [7, 11) is 0. The Bertz CT molecular complexity index is 676. The van der Waals surface area contributed by atoms with Crippen LogP contribution in [0.15, 0.2) is 30.3 Å². The number of nitrogens with zero attached hydrogens (tertiary/aromatic N) is 2. The molecule has 0 bridgehead atoms. The zero-order valence-electron chi connectivity index (χ0n) is 15.9. The van der Waals surface area contributed by atoms with E-state index in [9.17, 15) is 14.4 Å². The van der Waals surface area contributed by atoms with Crippen molar-refractivity contribution in [2.24, 2.45) is 11.8 Å². The molecule has 2 aliphatic rings. The molecule has 2 atom stereocenters. The first kappa shape index (κ1) is 19.4. The Kier molecular flexibility index (Phi) is 6.48. The molecule has 0 N–H and O–H groups in total. The van der Waals surface area contributed by atoms with Crippen molar-refractivity contribution in [3.8, 4) is 0 Å². The molecule has 146 valence electrons. The lowest BCUT2D eigenvalue weighted by Gasteiger charge is -2.33. The molecule has 2 aliphatic heterocycles. The fourth-order valence-corrected chi connectivity index (χ4v) is 3.95. The molecule has 27 heavy (non-hydrogen) atoms. The Balaban J connectivity index is 1.53. The lowest BCUT2D eigenvalue weighted by Crippen LogP contribution is -2.45. The highest BCUT2D eigenvalue weighted by Gasteiger charge is 2.38. The van der Waals surface area contributed by atoms with E-state index in [-0.39, 0.29) is 36.0 Å². The molecule has 2 heterocycles. The van der Waals surface area contributed by atoms with E-state index in [0.717, 1.165) is 19.3 Å². The van der Waals surface area contributed by atoms with Crippen LogP contribution >= 0.6 is 0 Å². The molecule has 2 amide bonds. The lowest BCUT2D eigenvalue weighted by molar-refractivity contribution is -0.152. The summed E-state index contributed by atoms with van der Waals surface area (Å²) in [5, 5.41) is 0. The summed E-state index contributed by atoms with van der Waals surface area (Å²) in [6.07, 6.45) is 2.62. The van der Waals surface area contributed by atoms with Crippen LogP contribution in [0.2, 0.25) is 0 Å². The molecule has 6 heteroatoms. The molecule has 0 saturated carbocycles. The SMILES string of the molecule is CCOC(=O)[C@H]1CCCN(C(=O)[C@H]2CC(=O)N(CCc3ccccc3)C2)C1. The predicted molar refractivity (Wildman–Crippen MR) is 101 cm³/mol. The maximum Gasteiger partial charge on any atom is 0.310 e. The minimum Gasteiger partial charge on any atom is -0.466 e. The molecule has 2 saturated heterocycles. The lowest BCUT2D eigenvalue weighted by atomic mass is 9.96. The van der Waals surface area contributed by atoms with E-state index < -0.39 is 0 Å². The number of carbonyl (C=O) groups excluding carboxylic acids is 3. The van der Waals surface area contributed by atoms with Gasteiger partial charge in [-0.15, -0.1) is 0 Å². The molecular weight excluding hydrogens is 344 g/mol. The monoisotopic (exact) mass is 372 g/mol. The van der Waals surface area contributed by atoms with Gasteiger partial charge in [-0.2, -0.15) is 0 Å². The van der Waals surface area contributed by atoms with Gasteiger partial charge >= 0.3 is 5.97 Å². The highest BCUT2D eigenvalue weighted by Crippen LogP contribution is 2.24. The van der Waals surface area contributed by atoms with Crippen molar-refractivity contribution in [1.29, 1.82) is 0 Å². The van der Waals surface area contributed by atoms with E-state index in [0.29, 0.717) is 32.8 Å². The van der Waals surface area contributed by atoms with Crippen LogP contribution in [-0.4, -0.2) is 60.4 Å². The summed E-state index contributed by atoms with van der Waals surface area (Å²) in [5.74, 6) is -0.715. The third kappa shape index (κ3) is 4.87. The highest BCUT2D eigenvalue weighted by atomic mass is 16.5. The Morgan fingerprint density at radius 3 is 2.67 bits per heavy atom. The first-order valence-electron chi connectivity index (χ1n) is 9.85. The van der Waals surface area contributed by atoms with Gasteiger partial charge in [0, 0.05) is 32.6 Å². The second kappa shape index (κ2) is 9.02. The second-order valence-electron chi connectivity index (χ2n) is 7.35. The van der Waals surface area contributed by atoms with Crippen LogP contribution in [0.25, 0.3) is 0 Å². The number of rotatable bonds is 6. The van der Waals surface area contributed by atoms with Gasteiger partial charge in [0.1, 0.15) is 0 Å². The van der Waals surface area contributed by atoms with Crippen molar-refractivity contribution < 1.29 is 19.1 Å². The van der Waals surface area contributed by atoms with Gasteiger partial charge in [0.05, 0.1) is 18.4 Å². The van der Waals surface area contributed by atoms with Gasteiger partial charge in [-0.1, -0.05) is 30.3 Å². The van der Waals surface area contributed by atoms with Gasteiger partial charge in [-0.05, 0) is 31.7 Å². The van der Waals surface area contributed by atoms with E-state index in [2.05, 4.69) is 0 Å². The van der Waals surface area contributed by atoms with Crippen molar-refractivity contribution >= 4 is 17.8 Å². The first-order valence-corrected chi connectivity index (χ1v) is 9.85. The summed E-state index contributed by atoms with van der Waals surface area (Å²) >= 11 is 0. The van der Waals surface area contributed by atoms with Gasteiger partial charge in [0.15, 0.2) is 0 Å². The highest BCUT2D eigenvalue weighted by molar-refractivity contribution is 5.89. The number of likely N-dealkylation sites (tertiary alicyclic amines) is 2. The minimum absolute atomic E-state index is 0.000408. The van der Waals surface area contributed by atoms with Gasteiger partial charge < -0.3 is 14.5 Å². The number of piperidine rings is 1. The molecule has 0 spiro atoms. The quantitative estimate of drug-likeness (QED) is 0.715. The number of ether oxygens (including phenoxy) is 1. The number of amides is 2. The van der Waals surface area contributed by atoms with Crippen molar-refractivity contribution in [2.75, 3.05) is 32.8 Å². The molecule has 6 nitrogen and oxygen atoms in total. The van der Waals surface area contributed by atoms with E-state index in [1.807, 2.05) is 30.3 Å². The molecule has 0 unspecified atom stereocenters. The Hall–Kier alpha value is -2.37. The summed E-state index contributed by atoms with van der Waals surface area (Å²) in [5.41, 5.74) is 1.19. The van der Waals surface area contributed by atoms with Crippen LogP contribution in [0.3, 0.4) is 0 Å². The van der Waals surface area contributed by atoms with E-state index in [4.69, 9.17) is 4.74 Å². The Labute approximate surface area is 160 Å². The number of benzene rings is 1. The van der Waals surface area contributed by atoms with Crippen LogP contribution < -0.4 is 0 Å². The number of hydrogen-bond donors (Lipinski definition) is 0. The second-order valence-corrected chi connectivity index (χ2v) is 7.35. The number of esters is 1. The molecule has 0 aliphatic carbocycles. The van der Waals surface area contributed by atoms with Gasteiger partial charge in [-0.3, -0.25) is 14.4 Å². The molecular formula is C21H28N2O4. The van der Waals surface area contributed by atoms with Gasteiger partial charge in [0.2, 0.25) is 11.8 Å². The van der Waals surface area contributed by atoms with Crippen LogP contribution in [0.1, 0.15) is 31.7 Å². The third-order valence-corrected chi connectivity index (χ3v) is 5.43. The largest absolute Gasteiger partial charge is 0.466 e. The summed E-state index contributed by atoms with van der Waals surface area (Å²) in [4.78, 5) is 40.8. The maximum absolute atomic E-state index is 12.9. The summed E-state index contributed by atoms with van der Waals surface area (Å²) in [6.45, 7) is 4.33. The molecule has 3 rings (SSSR count). The average Bonchev–Trinajstić information content (AvgIpc) is 3.07. The van der Waals surface area contributed by atoms with E-state index in [1.54, 1.807) is 16.7 Å². The summed E-state index contributed by atoms with van der Waals surface area (Å²) < 4.78 is 5.10. The number of carbonyl (C=O) groups is 3. The van der Waals surface area contributed by atoms with Crippen molar-refractivity contribution in [3.63, 3.8) is 0 Å². The molecule has 2 fully saturated rings. The Morgan fingerprint density at radius 1 is 1.15 bits per heavy atom. The fraction of sp³-hybridized carbons (Fsp3) is 0.571. The fourth-order valence-electron chi connectivity index (χ4n) is 3.95. The number of hydrogen-bond acceptors (Lipinski definition) is 4. The van der Waals surface area contributed by atoms with Gasteiger partial charge in [-0.25, -0.2) is 0 Å². The average molecular weight is 372 g/mol. The minimum atomic E-state index is -0.297. The molecule has 1 aromatic carbocycles. The third-order valence-electron chi connectivity index (χ3n) is 5.43. The van der Waals surface area contributed by atoms with Crippen LogP contribution in [-0.2, 0) is 25.5 Å². The van der Waals surface area contributed by atoms with Crippen LogP contribution in [0.4, 0.5) is 0 Å². The zero-order valence-corrected chi connectivity index (χ0v) is 15.9. The van der Waals surface area contributed by atoms with Crippen LogP contribution in [0, 0.1) is 11.8 Å². The summed E-state index contributed by atoms with van der Waals surface area (Å²) in [6, 6.07) is 10.0. The molecule has 1 aromatic rings. The van der Waals surface area contributed by atoms with E-state index >= 15 is 0 Å². The molecule has 0 aromatic heterocycles. The predicted octanol–water partition coefficient (Wildman–Crippen LogP) is 1.88. The maximum atomic E-state index is 12.9.